The Morgan fingerprint density at radius 3 is 2.25 bits per heavy atom. The first-order valence-electron chi connectivity index (χ1n) is 7.68. The molecule has 118 valence electrons. The van der Waals surface area contributed by atoms with Crippen molar-refractivity contribution >= 4 is 5.91 Å². The summed E-state index contributed by atoms with van der Waals surface area (Å²) < 4.78 is 0. The summed E-state index contributed by atoms with van der Waals surface area (Å²) in [6.45, 7) is 6.03. The molecule has 0 saturated heterocycles. The van der Waals surface area contributed by atoms with Crippen LogP contribution in [0.15, 0.2) is 0 Å². The average Bonchev–Trinajstić information content (AvgIpc) is 2.27. The van der Waals surface area contributed by atoms with Crippen LogP contribution in [-0.2, 0) is 4.79 Å². The number of hydrogen-bond donors (Lipinski definition) is 2. The summed E-state index contributed by atoms with van der Waals surface area (Å²) in [6.07, 6.45) is 4.64. The minimum Gasteiger partial charge on any atom is -0.368 e. The third kappa shape index (κ3) is 4.72. The maximum atomic E-state index is 11.4. The van der Waals surface area contributed by atoms with Gasteiger partial charge in [-0.25, -0.2) is 0 Å². The summed E-state index contributed by atoms with van der Waals surface area (Å²) in [6, 6.07) is 0.0479. The second-order valence-corrected chi connectivity index (χ2v) is 6.78. The van der Waals surface area contributed by atoms with E-state index in [9.17, 15) is 4.79 Å². The Morgan fingerprint density at radius 1 is 1.30 bits per heavy atom. The van der Waals surface area contributed by atoms with Gasteiger partial charge < -0.3 is 20.9 Å². The van der Waals surface area contributed by atoms with Gasteiger partial charge in [0.05, 0.1) is 6.04 Å². The first-order chi connectivity index (χ1) is 9.27. The first kappa shape index (κ1) is 17.4. The lowest BCUT2D eigenvalue weighted by Crippen LogP contribution is -2.57. The van der Waals surface area contributed by atoms with Gasteiger partial charge in [0.25, 0.3) is 0 Å². The van der Waals surface area contributed by atoms with Gasteiger partial charge in [0.2, 0.25) is 5.91 Å². The number of likely N-dealkylation sites (N-methyl/N-ethyl adjacent to an activating group) is 2. The molecule has 0 aliphatic heterocycles. The van der Waals surface area contributed by atoms with Gasteiger partial charge in [0.1, 0.15) is 0 Å². The highest BCUT2D eigenvalue weighted by Gasteiger charge is 2.39. The Hall–Kier alpha value is -0.650. The Morgan fingerprint density at radius 2 is 1.90 bits per heavy atom. The molecule has 0 aromatic rings. The van der Waals surface area contributed by atoms with Crippen LogP contribution < -0.4 is 11.1 Å². The molecule has 0 aromatic heterocycles. The van der Waals surface area contributed by atoms with Crippen molar-refractivity contribution in [3.05, 3.63) is 0 Å². The van der Waals surface area contributed by atoms with E-state index in [1.165, 1.54) is 19.3 Å². The molecule has 1 unspecified atom stereocenters. The topological polar surface area (TPSA) is 61.6 Å². The summed E-state index contributed by atoms with van der Waals surface area (Å²) in [5.74, 6) is -0.252. The summed E-state index contributed by atoms with van der Waals surface area (Å²) >= 11 is 0. The molecule has 0 bridgehead atoms. The second-order valence-electron chi connectivity index (χ2n) is 6.78. The Kier molecular flexibility index (Phi) is 6.43. The maximum absolute atomic E-state index is 11.4. The van der Waals surface area contributed by atoms with Crippen molar-refractivity contribution in [3.8, 4) is 0 Å². The van der Waals surface area contributed by atoms with Gasteiger partial charge in [0, 0.05) is 18.1 Å². The molecule has 1 aliphatic carbocycles. The average molecular weight is 284 g/mol. The third-order valence-electron chi connectivity index (χ3n) is 4.47. The SMILES string of the molecule is CC(C)NC(CCN(C)CC1(N(C)C)CCC1)C(N)=O. The number of carbonyl (C=O) groups excluding carboxylic acids is 1. The molecule has 1 rings (SSSR count). The summed E-state index contributed by atoms with van der Waals surface area (Å²) in [4.78, 5) is 16.1. The van der Waals surface area contributed by atoms with E-state index < -0.39 is 0 Å². The molecule has 5 heteroatoms. The number of carbonyl (C=O) groups is 1. The van der Waals surface area contributed by atoms with Crippen LogP contribution in [0.2, 0.25) is 0 Å². The van der Waals surface area contributed by atoms with E-state index in [-0.39, 0.29) is 18.0 Å². The van der Waals surface area contributed by atoms with Crippen LogP contribution in [0.4, 0.5) is 0 Å². The molecule has 1 aliphatic rings. The molecule has 1 amide bonds. The van der Waals surface area contributed by atoms with Crippen molar-refractivity contribution in [1.82, 2.24) is 15.1 Å². The molecule has 0 spiro atoms. The molecule has 3 N–H and O–H groups in total. The molecular weight excluding hydrogens is 252 g/mol. The van der Waals surface area contributed by atoms with Crippen molar-refractivity contribution in [2.45, 2.75) is 57.2 Å². The third-order valence-corrected chi connectivity index (χ3v) is 4.47. The van der Waals surface area contributed by atoms with Crippen LogP contribution >= 0.6 is 0 Å². The van der Waals surface area contributed by atoms with E-state index in [1.807, 2.05) is 13.8 Å². The van der Waals surface area contributed by atoms with Gasteiger partial charge in [0.15, 0.2) is 0 Å². The van der Waals surface area contributed by atoms with Crippen molar-refractivity contribution in [3.63, 3.8) is 0 Å². The van der Waals surface area contributed by atoms with Crippen molar-refractivity contribution in [2.24, 2.45) is 5.73 Å². The molecule has 1 saturated carbocycles. The van der Waals surface area contributed by atoms with Crippen LogP contribution in [0.5, 0.6) is 0 Å². The second kappa shape index (κ2) is 7.38. The lowest BCUT2D eigenvalue weighted by molar-refractivity contribution is -0.120. The van der Waals surface area contributed by atoms with Gasteiger partial charge in [-0.1, -0.05) is 13.8 Å². The van der Waals surface area contributed by atoms with Crippen molar-refractivity contribution < 1.29 is 4.79 Å². The van der Waals surface area contributed by atoms with Gasteiger partial charge >= 0.3 is 0 Å². The van der Waals surface area contributed by atoms with E-state index in [0.717, 1.165) is 19.5 Å². The number of amides is 1. The molecule has 0 heterocycles. The van der Waals surface area contributed by atoms with Crippen LogP contribution in [0, 0.1) is 0 Å². The fourth-order valence-electron chi connectivity index (χ4n) is 2.97. The maximum Gasteiger partial charge on any atom is 0.234 e. The van der Waals surface area contributed by atoms with E-state index in [1.54, 1.807) is 0 Å². The Balaban J connectivity index is 2.41. The summed E-state index contributed by atoms with van der Waals surface area (Å²) in [7, 11) is 6.47. The summed E-state index contributed by atoms with van der Waals surface area (Å²) in [5, 5.41) is 3.24. The Bertz CT molecular complexity index is 313. The molecule has 1 fully saturated rings. The van der Waals surface area contributed by atoms with Gasteiger partial charge in [-0.15, -0.1) is 0 Å². The first-order valence-corrected chi connectivity index (χ1v) is 7.68. The minimum atomic E-state index is -0.252. The predicted octanol–water partition coefficient (Wildman–Crippen LogP) is 0.645. The Labute approximate surface area is 123 Å². The molecule has 1 atom stereocenters. The fraction of sp³-hybridized carbons (Fsp3) is 0.933. The van der Waals surface area contributed by atoms with E-state index in [4.69, 9.17) is 5.73 Å². The normalized spacial score (nSPS) is 19.4. The highest BCUT2D eigenvalue weighted by molar-refractivity contribution is 5.79. The lowest BCUT2D eigenvalue weighted by Gasteiger charge is -2.49. The molecular formula is C15H32N4O. The predicted molar refractivity (Wildman–Crippen MR) is 83.6 cm³/mol. The number of hydrogen-bond acceptors (Lipinski definition) is 4. The molecule has 5 nitrogen and oxygen atoms in total. The van der Waals surface area contributed by atoms with E-state index >= 15 is 0 Å². The van der Waals surface area contributed by atoms with Crippen molar-refractivity contribution in [2.75, 3.05) is 34.2 Å². The van der Waals surface area contributed by atoms with Crippen LogP contribution in [0.25, 0.3) is 0 Å². The molecule has 0 radical (unpaired) electrons. The zero-order valence-corrected chi connectivity index (χ0v) is 13.8. The number of nitrogens with one attached hydrogen (secondary N) is 1. The van der Waals surface area contributed by atoms with E-state index in [2.05, 4.69) is 36.3 Å². The van der Waals surface area contributed by atoms with Crippen LogP contribution in [-0.4, -0.2) is 67.6 Å². The zero-order chi connectivity index (χ0) is 15.3. The number of rotatable bonds is 9. The highest BCUT2D eigenvalue weighted by Crippen LogP contribution is 2.36. The smallest absolute Gasteiger partial charge is 0.234 e. The molecule has 0 aromatic carbocycles. The number of primary amides is 1. The minimum absolute atomic E-state index is 0.228. The zero-order valence-electron chi connectivity index (χ0n) is 13.8. The fourth-order valence-corrected chi connectivity index (χ4v) is 2.97. The van der Waals surface area contributed by atoms with Crippen LogP contribution in [0.1, 0.15) is 39.5 Å². The van der Waals surface area contributed by atoms with E-state index in [0.29, 0.717) is 5.54 Å². The van der Waals surface area contributed by atoms with Gasteiger partial charge in [-0.2, -0.15) is 0 Å². The lowest BCUT2D eigenvalue weighted by atomic mass is 9.75. The van der Waals surface area contributed by atoms with Gasteiger partial charge in [-0.05, 0) is 53.4 Å². The highest BCUT2D eigenvalue weighted by atomic mass is 16.1. The summed E-state index contributed by atoms with van der Waals surface area (Å²) in [5.41, 5.74) is 5.79. The number of nitrogens with zero attached hydrogens (tertiary/aromatic N) is 2. The largest absolute Gasteiger partial charge is 0.368 e. The van der Waals surface area contributed by atoms with Crippen molar-refractivity contribution in [1.29, 1.82) is 0 Å². The van der Waals surface area contributed by atoms with Crippen LogP contribution in [0.3, 0.4) is 0 Å². The molecule has 20 heavy (non-hydrogen) atoms. The van der Waals surface area contributed by atoms with Gasteiger partial charge in [-0.3, -0.25) is 4.79 Å². The monoisotopic (exact) mass is 284 g/mol. The quantitative estimate of drug-likeness (QED) is 0.652. The number of nitrogens with two attached hydrogens (primary N) is 1. The standard InChI is InChI=1S/C15H32N4O/c1-12(2)17-13(14(16)20)7-10-19(5)11-15(18(3)4)8-6-9-15/h12-13,17H,6-11H2,1-5H3,(H2,16,20).